The largest absolute Gasteiger partial charge is 0.480 e. The average Bonchev–Trinajstić information content (AvgIpc) is 3.07. The van der Waals surface area contributed by atoms with Crippen molar-refractivity contribution >= 4 is 22.6 Å². The van der Waals surface area contributed by atoms with Crippen LogP contribution in [0.4, 0.5) is 5.69 Å². The number of ether oxygens (including phenoxy) is 1. The van der Waals surface area contributed by atoms with Crippen LogP contribution in [0.3, 0.4) is 0 Å². The third-order valence-electron chi connectivity index (χ3n) is 4.38. The van der Waals surface area contributed by atoms with Crippen LogP contribution in [0.15, 0.2) is 53.3 Å². The second kappa shape index (κ2) is 6.99. The lowest BCUT2D eigenvalue weighted by Crippen LogP contribution is -2.13. The summed E-state index contributed by atoms with van der Waals surface area (Å²) in [5.74, 6) is 0.162. The summed E-state index contributed by atoms with van der Waals surface area (Å²) in [4.78, 5) is 29.6. The molecule has 0 aliphatic carbocycles. The van der Waals surface area contributed by atoms with Crippen molar-refractivity contribution in [2.45, 2.75) is 6.92 Å². The number of aromatic amines is 2. The summed E-state index contributed by atoms with van der Waals surface area (Å²) in [6, 6.07) is 14.2. The summed E-state index contributed by atoms with van der Waals surface area (Å²) in [5, 5.41) is 11.0. The van der Waals surface area contributed by atoms with Gasteiger partial charge in [0.1, 0.15) is 0 Å². The maximum absolute atomic E-state index is 12.7. The highest BCUT2D eigenvalue weighted by Crippen LogP contribution is 2.23. The zero-order valence-electron chi connectivity index (χ0n) is 15.2. The molecule has 3 N–H and O–H groups in total. The monoisotopic (exact) mass is 375 g/mol. The molecule has 0 unspecified atom stereocenters. The van der Waals surface area contributed by atoms with Crippen LogP contribution in [-0.4, -0.2) is 33.2 Å². The number of nitrogens with zero attached hydrogens (tertiary/aromatic N) is 2. The summed E-state index contributed by atoms with van der Waals surface area (Å²) >= 11 is 0. The van der Waals surface area contributed by atoms with Crippen molar-refractivity contribution in [3.05, 3.63) is 70.1 Å². The fourth-order valence-corrected chi connectivity index (χ4v) is 2.92. The van der Waals surface area contributed by atoms with Gasteiger partial charge in [-0.2, -0.15) is 0 Å². The van der Waals surface area contributed by atoms with E-state index in [0.717, 1.165) is 11.1 Å². The molecule has 140 valence electrons. The van der Waals surface area contributed by atoms with Gasteiger partial charge in [0.05, 0.1) is 23.8 Å². The van der Waals surface area contributed by atoms with Crippen molar-refractivity contribution in [2.75, 3.05) is 12.4 Å². The Morgan fingerprint density at radius 1 is 1.04 bits per heavy atom. The Hall–Kier alpha value is -3.94. The van der Waals surface area contributed by atoms with Crippen molar-refractivity contribution in [1.82, 2.24) is 20.2 Å². The SMILES string of the molecule is COc1ccc(-c2cccc(C(=O)Nc3cc4[nH]c(=O)[nH]c4cc3C)c2)nn1. The van der Waals surface area contributed by atoms with Crippen LogP contribution in [0.25, 0.3) is 22.3 Å². The molecule has 0 saturated heterocycles. The van der Waals surface area contributed by atoms with Crippen LogP contribution in [-0.2, 0) is 0 Å². The molecule has 0 aliphatic heterocycles. The first-order chi connectivity index (χ1) is 13.5. The predicted molar refractivity (Wildman–Crippen MR) is 106 cm³/mol. The van der Waals surface area contributed by atoms with Gasteiger partial charge in [0, 0.05) is 22.9 Å². The lowest BCUT2D eigenvalue weighted by atomic mass is 10.1. The van der Waals surface area contributed by atoms with Gasteiger partial charge >= 0.3 is 5.69 Å². The van der Waals surface area contributed by atoms with E-state index < -0.39 is 0 Å². The van der Waals surface area contributed by atoms with Gasteiger partial charge in [0.25, 0.3) is 5.91 Å². The van der Waals surface area contributed by atoms with Gasteiger partial charge in [-0.15, -0.1) is 10.2 Å². The first kappa shape index (κ1) is 17.5. The summed E-state index contributed by atoms with van der Waals surface area (Å²) in [6.45, 7) is 1.86. The molecule has 2 heterocycles. The van der Waals surface area contributed by atoms with Gasteiger partial charge in [0.15, 0.2) is 0 Å². The van der Waals surface area contributed by atoms with E-state index in [2.05, 4.69) is 25.5 Å². The van der Waals surface area contributed by atoms with E-state index in [9.17, 15) is 9.59 Å². The molecule has 1 amide bonds. The van der Waals surface area contributed by atoms with E-state index in [1.54, 1.807) is 36.4 Å². The summed E-state index contributed by atoms with van der Waals surface area (Å²) in [6.07, 6.45) is 0. The topological polar surface area (TPSA) is 113 Å². The molecule has 0 spiro atoms. The fourth-order valence-electron chi connectivity index (χ4n) is 2.92. The third-order valence-corrected chi connectivity index (χ3v) is 4.38. The van der Waals surface area contributed by atoms with Crippen LogP contribution in [0, 0.1) is 6.92 Å². The second-order valence-corrected chi connectivity index (χ2v) is 6.29. The number of benzene rings is 2. The number of hydrogen-bond acceptors (Lipinski definition) is 5. The number of methoxy groups -OCH3 is 1. The molecule has 2 aromatic carbocycles. The van der Waals surface area contributed by atoms with Gasteiger partial charge in [-0.05, 0) is 42.8 Å². The van der Waals surface area contributed by atoms with Crippen LogP contribution in [0.5, 0.6) is 5.88 Å². The fraction of sp³-hybridized carbons (Fsp3) is 0.100. The van der Waals surface area contributed by atoms with E-state index in [0.29, 0.717) is 33.9 Å². The molecule has 0 saturated carbocycles. The van der Waals surface area contributed by atoms with Gasteiger partial charge in [-0.25, -0.2) is 4.79 Å². The highest BCUT2D eigenvalue weighted by Gasteiger charge is 2.11. The Morgan fingerprint density at radius 3 is 2.54 bits per heavy atom. The molecule has 4 aromatic rings. The molecule has 0 atom stereocenters. The maximum Gasteiger partial charge on any atom is 0.323 e. The number of nitrogens with one attached hydrogen (secondary N) is 3. The minimum atomic E-state index is -0.286. The predicted octanol–water partition coefficient (Wildman–Crippen LogP) is 2.88. The number of aromatic nitrogens is 4. The Morgan fingerprint density at radius 2 is 1.82 bits per heavy atom. The molecular weight excluding hydrogens is 358 g/mol. The molecule has 0 fully saturated rings. The van der Waals surface area contributed by atoms with Crippen molar-refractivity contribution in [2.24, 2.45) is 0 Å². The zero-order chi connectivity index (χ0) is 19.7. The molecule has 4 rings (SSSR count). The highest BCUT2D eigenvalue weighted by molar-refractivity contribution is 6.06. The van der Waals surface area contributed by atoms with E-state index in [1.165, 1.54) is 7.11 Å². The standard InChI is InChI=1S/C20H17N5O3/c1-11-8-16-17(23-20(27)22-16)10-15(11)21-19(26)13-5-3-4-12(9-13)14-6-7-18(28-2)25-24-14/h3-10H,1-2H3,(H,21,26)(H2,22,23,27). The Balaban J connectivity index is 1.61. The number of rotatable bonds is 4. The zero-order valence-corrected chi connectivity index (χ0v) is 15.2. The highest BCUT2D eigenvalue weighted by atomic mass is 16.5. The van der Waals surface area contributed by atoms with Crippen LogP contribution in [0.1, 0.15) is 15.9 Å². The van der Waals surface area contributed by atoms with Crippen LogP contribution >= 0.6 is 0 Å². The molecule has 0 radical (unpaired) electrons. The molecule has 8 heteroatoms. The molecular formula is C20H17N5O3. The number of hydrogen-bond donors (Lipinski definition) is 3. The Kier molecular flexibility index (Phi) is 4.36. The Bertz CT molecular complexity index is 1220. The van der Waals surface area contributed by atoms with E-state index in [4.69, 9.17) is 4.74 Å². The molecule has 28 heavy (non-hydrogen) atoms. The molecule has 0 aliphatic rings. The number of carbonyl (C=O) groups is 1. The first-order valence-corrected chi connectivity index (χ1v) is 8.55. The van der Waals surface area contributed by atoms with Gasteiger partial charge in [-0.1, -0.05) is 12.1 Å². The van der Waals surface area contributed by atoms with Crippen LogP contribution < -0.4 is 15.7 Å². The van der Waals surface area contributed by atoms with Gasteiger partial charge < -0.3 is 20.0 Å². The second-order valence-electron chi connectivity index (χ2n) is 6.29. The number of aryl methyl sites for hydroxylation is 1. The molecule has 0 bridgehead atoms. The van der Waals surface area contributed by atoms with Crippen molar-refractivity contribution in [1.29, 1.82) is 0 Å². The number of fused-ring (bicyclic) bond motifs is 1. The Labute approximate surface area is 159 Å². The van der Waals surface area contributed by atoms with Crippen molar-refractivity contribution < 1.29 is 9.53 Å². The van der Waals surface area contributed by atoms with Crippen molar-refractivity contribution in [3.63, 3.8) is 0 Å². The summed E-state index contributed by atoms with van der Waals surface area (Å²) in [7, 11) is 1.52. The number of carbonyl (C=O) groups excluding carboxylic acids is 1. The minimum Gasteiger partial charge on any atom is -0.480 e. The quantitative estimate of drug-likeness (QED) is 0.508. The lowest BCUT2D eigenvalue weighted by molar-refractivity contribution is 0.102. The number of anilines is 1. The van der Waals surface area contributed by atoms with E-state index in [-0.39, 0.29) is 11.6 Å². The summed E-state index contributed by atoms with van der Waals surface area (Å²) in [5.41, 5.74) is 4.40. The summed E-state index contributed by atoms with van der Waals surface area (Å²) < 4.78 is 5.01. The third kappa shape index (κ3) is 3.35. The maximum atomic E-state index is 12.7. The normalized spacial score (nSPS) is 10.8. The minimum absolute atomic E-state index is 0.261. The smallest absolute Gasteiger partial charge is 0.323 e. The molecule has 2 aromatic heterocycles. The van der Waals surface area contributed by atoms with Gasteiger partial charge in [0.2, 0.25) is 5.88 Å². The van der Waals surface area contributed by atoms with E-state index in [1.807, 2.05) is 19.1 Å². The molecule has 8 nitrogen and oxygen atoms in total. The van der Waals surface area contributed by atoms with Crippen molar-refractivity contribution in [3.8, 4) is 17.1 Å². The number of H-pyrrole nitrogens is 2. The van der Waals surface area contributed by atoms with E-state index >= 15 is 0 Å². The van der Waals surface area contributed by atoms with Gasteiger partial charge in [-0.3, -0.25) is 4.79 Å². The number of amides is 1. The average molecular weight is 375 g/mol. The lowest BCUT2D eigenvalue weighted by Gasteiger charge is -2.10. The first-order valence-electron chi connectivity index (χ1n) is 8.55. The number of imidazole rings is 1. The van der Waals surface area contributed by atoms with Crippen LogP contribution in [0.2, 0.25) is 0 Å².